The van der Waals surface area contributed by atoms with Gasteiger partial charge in [-0.25, -0.2) is 4.98 Å². The van der Waals surface area contributed by atoms with E-state index >= 15 is 0 Å². The van der Waals surface area contributed by atoms with Gasteiger partial charge in [-0.05, 0) is 23.8 Å². The first kappa shape index (κ1) is 28.7. The Morgan fingerprint density at radius 1 is 1.07 bits per heavy atom. The van der Waals surface area contributed by atoms with Gasteiger partial charge in [0, 0.05) is 49.5 Å². The lowest BCUT2D eigenvalue weighted by Crippen LogP contribution is -2.42. The average Bonchev–Trinajstić information content (AvgIpc) is 3.38. The number of piperidine rings is 1. The lowest BCUT2D eigenvalue weighted by Gasteiger charge is -2.46. The van der Waals surface area contributed by atoms with Crippen molar-refractivity contribution in [1.82, 2.24) is 19.7 Å². The molecule has 5 rings (SSSR count). The minimum atomic E-state index is -4.78. The molecule has 4 N–H and O–H groups in total. The first-order valence-corrected chi connectivity index (χ1v) is 14.6. The Balaban J connectivity index is 1.16. The molecule has 2 aliphatic rings. The summed E-state index contributed by atoms with van der Waals surface area (Å²) in [6, 6.07) is 6.65. The Kier molecular flexibility index (Phi) is 7.85. The molecule has 11 nitrogen and oxygen atoms in total. The van der Waals surface area contributed by atoms with E-state index in [1.165, 1.54) is 24.3 Å². The van der Waals surface area contributed by atoms with E-state index < -0.39 is 22.9 Å². The van der Waals surface area contributed by atoms with Crippen molar-refractivity contribution >= 4 is 22.4 Å². The van der Waals surface area contributed by atoms with E-state index in [9.17, 15) is 31.9 Å². The van der Waals surface area contributed by atoms with E-state index in [2.05, 4.69) is 14.8 Å². The topological polar surface area (TPSA) is 153 Å². The van der Waals surface area contributed by atoms with Crippen LogP contribution in [0.2, 0.25) is 0 Å². The van der Waals surface area contributed by atoms with Crippen LogP contribution in [0.15, 0.2) is 48.9 Å². The molecule has 4 heterocycles. The molecule has 0 radical (unpaired) electrons. The molecule has 0 atom stereocenters. The van der Waals surface area contributed by atoms with Crippen LogP contribution in [0.25, 0.3) is 11.1 Å². The van der Waals surface area contributed by atoms with Crippen LogP contribution in [0.5, 0.6) is 11.6 Å². The molecule has 0 spiro atoms. The van der Waals surface area contributed by atoms with Crippen LogP contribution in [-0.4, -0.2) is 77.6 Å². The van der Waals surface area contributed by atoms with Gasteiger partial charge in [0.1, 0.15) is 17.4 Å². The molecule has 15 heteroatoms. The summed E-state index contributed by atoms with van der Waals surface area (Å²) in [6.07, 6.45) is 0.807. The molecular weight excluding hydrogens is 567 g/mol. The zero-order chi connectivity index (χ0) is 29.4. The quantitative estimate of drug-likeness (QED) is 0.355. The van der Waals surface area contributed by atoms with E-state index in [4.69, 9.17) is 10.5 Å². The van der Waals surface area contributed by atoms with Crippen molar-refractivity contribution in [3.63, 3.8) is 0 Å². The standard InChI is InChI=1S/C26H28F3N5O6S/c27-26(28,29)40-21-3-1-16(2-4-21)9-23(35)33-7-5-20(6-8-33)39-25-22(24(30)36)10-17(11-31-25)18-12-32-34(13-18)19-14-41(37,38)15-19/h1-4,10-13,19-20,37-38H,5-9,14-15H2,(H2,30,36). The number of primary amides is 1. The second-order valence-corrected chi connectivity index (χ2v) is 12.3. The number of rotatable bonds is 8. The fraction of sp³-hybridized carbons (Fsp3) is 0.385. The van der Waals surface area contributed by atoms with E-state index in [0.29, 0.717) is 42.6 Å². The van der Waals surface area contributed by atoms with Crippen LogP contribution in [-0.2, 0) is 11.2 Å². The number of benzene rings is 1. The summed E-state index contributed by atoms with van der Waals surface area (Å²) in [5, 5.41) is 4.29. The number of aromatic nitrogens is 3. The Labute approximate surface area is 234 Å². The molecule has 0 bridgehead atoms. The average molecular weight is 596 g/mol. The van der Waals surface area contributed by atoms with Gasteiger partial charge in [0.25, 0.3) is 5.91 Å². The predicted octanol–water partition coefficient (Wildman–Crippen LogP) is 3.86. The van der Waals surface area contributed by atoms with Gasteiger partial charge in [-0.15, -0.1) is 13.2 Å². The zero-order valence-corrected chi connectivity index (χ0v) is 22.5. The summed E-state index contributed by atoms with van der Waals surface area (Å²) in [4.78, 5) is 30.9. The monoisotopic (exact) mass is 595 g/mol. The summed E-state index contributed by atoms with van der Waals surface area (Å²) in [5.41, 5.74) is 7.55. The van der Waals surface area contributed by atoms with Gasteiger partial charge in [0.15, 0.2) is 0 Å². The second kappa shape index (κ2) is 11.2. The number of alkyl halides is 3. The molecule has 0 unspecified atom stereocenters. The minimum absolute atomic E-state index is 0.0338. The molecular formula is C26H28F3N5O6S. The summed E-state index contributed by atoms with van der Waals surface area (Å²) < 4.78 is 67.8. The van der Waals surface area contributed by atoms with Crippen molar-refractivity contribution < 1.29 is 41.3 Å². The molecule has 2 saturated heterocycles. The van der Waals surface area contributed by atoms with Crippen LogP contribution in [0.1, 0.15) is 34.8 Å². The van der Waals surface area contributed by atoms with Crippen molar-refractivity contribution in [2.75, 3.05) is 24.6 Å². The number of halogens is 3. The van der Waals surface area contributed by atoms with Crippen LogP contribution in [0, 0.1) is 0 Å². The molecule has 1 aromatic carbocycles. The molecule has 3 aromatic rings. The highest BCUT2D eigenvalue weighted by molar-refractivity contribution is 8.25. The minimum Gasteiger partial charge on any atom is -0.474 e. The van der Waals surface area contributed by atoms with Crippen molar-refractivity contribution in [3.05, 3.63) is 60.0 Å². The van der Waals surface area contributed by atoms with Gasteiger partial charge >= 0.3 is 6.36 Å². The van der Waals surface area contributed by atoms with E-state index in [1.54, 1.807) is 34.2 Å². The van der Waals surface area contributed by atoms with Crippen molar-refractivity contribution in [2.45, 2.75) is 37.8 Å². The predicted molar refractivity (Wildman–Crippen MR) is 143 cm³/mol. The summed E-state index contributed by atoms with van der Waals surface area (Å²) >= 11 is 0. The number of nitrogens with two attached hydrogens (primary N) is 1. The maximum absolute atomic E-state index is 12.7. The van der Waals surface area contributed by atoms with E-state index in [1.807, 2.05) is 0 Å². The molecule has 0 saturated carbocycles. The highest BCUT2D eigenvalue weighted by Gasteiger charge is 2.35. The smallest absolute Gasteiger partial charge is 0.474 e. The SMILES string of the molecule is NC(=O)c1cc(-c2cnn(C3CS(O)(O)C3)c2)cnc1OC1CCN(C(=O)Cc2ccc(OC(F)(F)F)cc2)CC1. The van der Waals surface area contributed by atoms with Crippen molar-refractivity contribution in [1.29, 1.82) is 0 Å². The number of hydrogen-bond acceptors (Lipinski definition) is 8. The van der Waals surface area contributed by atoms with Crippen molar-refractivity contribution in [2.24, 2.45) is 5.73 Å². The van der Waals surface area contributed by atoms with E-state index in [-0.39, 0.29) is 53.2 Å². The van der Waals surface area contributed by atoms with Gasteiger partial charge in [0.05, 0.1) is 30.2 Å². The number of pyridine rings is 1. The second-order valence-electron chi connectivity index (χ2n) is 10.0. The maximum atomic E-state index is 12.7. The third-order valence-electron chi connectivity index (χ3n) is 6.93. The molecule has 2 amide bonds. The van der Waals surface area contributed by atoms with Gasteiger partial charge in [-0.2, -0.15) is 15.7 Å². The summed E-state index contributed by atoms with van der Waals surface area (Å²) in [7, 11) is -2.51. The van der Waals surface area contributed by atoms with Crippen molar-refractivity contribution in [3.8, 4) is 22.8 Å². The van der Waals surface area contributed by atoms with Gasteiger partial charge in [-0.3, -0.25) is 23.4 Å². The summed E-state index contributed by atoms with van der Waals surface area (Å²) in [5.74, 6) is -0.634. The molecule has 220 valence electrons. The normalized spacial score (nSPS) is 18.4. The largest absolute Gasteiger partial charge is 0.573 e. The number of nitrogens with zero attached hydrogens (tertiary/aromatic N) is 4. The van der Waals surface area contributed by atoms with Crippen LogP contribution in [0.4, 0.5) is 13.2 Å². The first-order valence-electron chi connectivity index (χ1n) is 12.7. The molecule has 2 fully saturated rings. The number of amides is 2. The molecule has 41 heavy (non-hydrogen) atoms. The highest BCUT2D eigenvalue weighted by atomic mass is 32.3. The Morgan fingerprint density at radius 3 is 2.37 bits per heavy atom. The number of likely N-dealkylation sites (tertiary alicyclic amines) is 1. The fourth-order valence-corrected chi connectivity index (χ4v) is 6.20. The third kappa shape index (κ3) is 7.10. The maximum Gasteiger partial charge on any atom is 0.573 e. The Morgan fingerprint density at radius 2 is 1.76 bits per heavy atom. The summed E-state index contributed by atoms with van der Waals surface area (Å²) in [6.45, 7) is 0.793. The molecule has 0 aliphatic carbocycles. The van der Waals surface area contributed by atoms with Gasteiger partial charge in [0.2, 0.25) is 11.8 Å². The Hall–Kier alpha value is -3.82. The lowest BCUT2D eigenvalue weighted by atomic mass is 10.1. The van der Waals surface area contributed by atoms with Crippen LogP contribution >= 0.6 is 10.6 Å². The number of ether oxygens (including phenoxy) is 2. The van der Waals surface area contributed by atoms with Gasteiger partial charge in [-0.1, -0.05) is 12.1 Å². The Bertz CT molecular complexity index is 1420. The van der Waals surface area contributed by atoms with Crippen LogP contribution < -0.4 is 15.2 Å². The highest BCUT2D eigenvalue weighted by Crippen LogP contribution is 2.53. The fourth-order valence-electron chi connectivity index (χ4n) is 4.76. The first-order chi connectivity index (χ1) is 19.3. The van der Waals surface area contributed by atoms with E-state index in [0.717, 1.165) is 0 Å². The lowest BCUT2D eigenvalue weighted by molar-refractivity contribution is -0.274. The number of hydrogen-bond donors (Lipinski definition) is 3. The number of carbonyl (C=O) groups is 2. The molecule has 2 aromatic heterocycles. The molecule has 2 aliphatic heterocycles. The van der Waals surface area contributed by atoms with Gasteiger partial charge < -0.3 is 20.1 Å². The zero-order valence-electron chi connectivity index (χ0n) is 21.7. The van der Waals surface area contributed by atoms with Crippen LogP contribution in [0.3, 0.4) is 0 Å². The third-order valence-corrected chi connectivity index (χ3v) is 8.77. The number of carbonyl (C=O) groups excluding carboxylic acids is 2.